The van der Waals surface area contributed by atoms with Crippen LogP contribution >= 0.6 is 11.3 Å². The molecule has 0 aliphatic carbocycles. The van der Waals surface area contributed by atoms with Gasteiger partial charge in [-0.3, -0.25) is 0 Å². The molecule has 0 aromatic carbocycles. The molecule has 1 nitrogen and oxygen atoms in total. The lowest BCUT2D eigenvalue weighted by Crippen LogP contribution is -2.02. The second-order valence-electron chi connectivity index (χ2n) is 3.94. The first-order valence-corrected chi connectivity index (χ1v) is 6.76. The predicted octanol–water partition coefficient (Wildman–Crippen LogP) is 4.39. The van der Waals surface area contributed by atoms with Crippen molar-refractivity contribution in [2.75, 3.05) is 0 Å². The number of hydrogen-bond donors (Lipinski definition) is 1. The highest BCUT2D eigenvalue weighted by molar-refractivity contribution is 7.08. The minimum absolute atomic E-state index is 0.316. The Kier molecular flexibility index (Phi) is 6.34. The van der Waals surface area contributed by atoms with E-state index in [9.17, 15) is 9.50 Å². The van der Waals surface area contributed by atoms with E-state index in [2.05, 4.69) is 6.92 Å². The molecule has 0 radical (unpaired) electrons. The molecule has 0 aliphatic heterocycles. The van der Waals surface area contributed by atoms with Crippen molar-refractivity contribution >= 4 is 17.2 Å². The van der Waals surface area contributed by atoms with Crippen LogP contribution in [-0.2, 0) is 0 Å². The Hall–Kier alpha value is -0.670. The van der Waals surface area contributed by atoms with Crippen LogP contribution < -0.4 is 0 Å². The third-order valence-corrected chi connectivity index (χ3v) is 3.17. The molecule has 3 heteroatoms. The zero-order valence-electron chi connectivity index (χ0n) is 9.66. The molecule has 0 fully saturated rings. The van der Waals surface area contributed by atoms with Gasteiger partial charge >= 0.3 is 0 Å². The van der Waals surface area contributed by atoms with Crippen molar-refractivity contribution in [3.05, 3.63) is 28.5 Å². The summed E-state index contributed by atoms with van der Waals surface area (Å²) in [4.78, 5) is 0. The van der Waals surface area contributed by atoms with Crippen LogP contribution in [-0.4, -0.2) is 11.2 Å². The fourth-order valence-corrected chi connectivity index (χ4v) is 2.17. The van der Waals surface area contributed by atoms with Crippen molar-refractivity contribution in [2.24, 2.45) is 0 Å². The molecule has 0 aliphatic rings. The van der Waals surface area contributed by atoms with E-state index in [1.165, 1.54) is 30.3 Å². The van der Waals surface area contributed by atoms with Gasteiger partial charge in [-0.1, -0.05) is 32.6 Å². The van der Waals surface area contributed by atoms with Crippen molar-refractivity contribution in [2.45, 2.75) is 45.1 Å². The Bertz CT molecular complexity index is 306. The van der Waals surface area contributed by atoms with E-state index >= 15 is 0 Å². The van der Waals surface area contributed by atoms with E-state index < -0.39 is 6.10 Å². The van der Waals surface area contributed by atoms with Gasteiger partial charge in [0.05, 0.1) is 6.10 Å². The fraction of sp³-hybridized carbons (Fsp3) is 0.538. The van der Waals surface area contributed by atoms with Crippen molar-refractivity contribution in [1.82, 2.24) is 0 Å². The maximum atomic E-state index is 13.5. The molecule has 16 heavy (non-hydrogen) atoms. The van der Waals surface area contributed by atoms with E-state index in [-0.39, 0.29) is 5.83 Å². The molecule has 1 aromatic rings. The minimum Gasteiger partial charge on any atom is -0.389 e. The van der Waals surface area contributed by atoms with Crippen LogP contribution in [0.15, 0.2) is 22.9 Å². The number of unbranched alkanes of at least 4 members (excludes halogenated alkanes) is 3. The summed E-state index contributed by atoms with van der Waals surface area (Å²) >= 11 is 1.46. The molecule has 1 rings (SSSR count). The summed E-state index contributed by atoms with van der Waals surface area (Å²) in [7, 11) is 0. The molecule has 1 heterocycles. The van der Waals surface area contributed by atoms with Gasteiger partial charge < -0.3 is 5.11 Å². The lowest BCUT2D eigenvalue weighted by Gasteiger charge is -2.05. The van der Waals surface area contributed by atoms with E-state index in [4.69, 9.17) is 0 Å². The summed E-state index contributed by atoms with van der Waals surface area (Å²) in [6.45, 7) is 2.15. The zero-order valence-corrected chi connectivity index (χ0v) is 10.5. The van der Waals surface area contributed by atoms with E-state index in [1.807, 2.05) is 5.38 Å². The molecule has 1 aromatic heterocycles. The summed E-state index contributed by atoms with van der Waals surface area (Å²) < 4.78 is 13.5. The smallest absolute Gasteiger partial charge is 0.129 e. The van der Waals surface area contributed by atoms with Gasteiger partial charge in [-0.25, -0.2) is 4.39 Å². The SMILES string of the molecule is CCCCCCC(O)/C=C(\F)c1ccsc1. The van der Waals surface area contributed by atoms with E-state index in [1.54, 1.807) is 11.4 Å². The van der Waals surface area contributed by atoms with Gasteiger partial charge in [0.25, 0.3) is 0 Å². The lowest BCUT2D eigenvalue weighted by atomic mass is 10.1. The minimum atomic E-state index is -0.656. The van der Waals surface area contributed by atoms with Crippen LogP contribution in [0.2, 0.25) is 0 Å². The topological polar surface area (TPSA) is 20.2 Å². The van der Waals surface area contributed by atoms with Gasteiger partial charge in [-0.2, -0.15) is 11.3 Å². The van der Waals surface area contributed by atoms with Crippen LogP contribution in [0.3, 0.4) is 0 Å². The first-order chi connectivity index (χ1) is 7.74. The van der Waals surface area contributed by atoms with Crippen LogP contribution in [0.4, 0.5) is 4.39 Å². The second-order valence-corrected chi connectivity index (χ2v) is 4.72. The molecule has 1 N–H and O–H groups in total. The second kappa shape index (κ2) is 7.58. The van der Waals surface area contributed by atoms with E-state index in [0.717, 1.165) is 12.8 Å². The Morgan fingerprint density at radius 3 is 2.94 bits per heavy atom. The van der Waals surface area contributed by atoms with Gasteiger partial charge in [0.2, 0.25) is 0 Å². The average molecular weight is 242 g/mol. The summed E-state index contributed by atoms with van der Waals surface area (Å²) in [5.41, 5.74) is 0.567. The summed E-state index contributed by atoms with van der Waals surface area (Å²) in [6.07, 6.45) is 5.74. The van der Waals surface area contributed by atoms with Gasteiger partial charge in [-0.05, 0) is 23.9 Å². The highest BCUT2D eigenvalue weighted by Gasteiger charge is 2.05. The van der Waals surface area contributed by atoms with Crippen molar-refractivity contribution in [3.8, 4) is 0 Å². The van der Waals surface area contributed by atoms with Crippen LogP contribution in [0.1, 0.15) is 44.6 Å². The average Bonchev–Trinajstić information content (AvgIpc) is 2.77. The highest BCUT2D eigenvalue weighted by Crippen LogP contribution is 2.20. The van der Waals surface area contributed by atoms with Crippen LogP contribution in [0.5, 0.6) is 0 Å². The van der Waals surface area contributed by atoms with Crippen LogP contribution in [0, 0.1) is 0 Å². The summed E-state index contributed by atoms with van der Waals surface area (Å²) in [6, 6.07) is 1.72. The fourth-order valence-electron chi connectivity index (χ4n) is 1.53. The lowest BCUT2D eigenvalue weighted by molar-refractivity contribution is 0.207. The molecule has 0 saturated heterocycles. The molecule has 0 amide bonds. The van der Waals surface area contributed by atoms with E-state index in [0.29, 0.717) is 12.0 Å². The molecule has 1 atom stereocenters. The van der Waals surface area contributed by atoms with Gasteiger partial charge in [0.1, 0.15) is 5.83 Å². The third kappa shape index (κ3) is 4.90. The first-order valence-electron chi connectivity index (χ1n) is 5.82. The zero-order chi connectivity index (χ0) is 11.8. The number of thiophene rings is 1. The molecular formula is C13H19FOS. The Labute approximate surface area is 101 Å². The largest absolute Gasteiger partial charge is 0.389 e. The van der Waals surface area contributed by atoms with Crippen molar-refractivity contribution < 1.29 is 9.50 Å². The monoisotopic (exact) mass is 242 g/mol. The normalized spacial score (nSPS) is 14.1. The predicted molar refractivity (Wildman–Crippen MR) is 68.2 cm³/mol. The first kappa shape index (κ1) is 13.4. The Balaban J connectivity index is 2.32. The number of hydrogen-bond acceptors (Lipinski definition) is 2. The maximum Gasteiger partial charge on any atom is 0.129 e. The van der Waals surface area contributed by atoms with Gasteiger partial charge in [0.15, 0.2) is 0 Å². The molecular weight excluding hydrogens is 223 g/mol. The van der Waals surface area contributed by atoms with Crippen LogP contribution in [0.25, 0.3) is 5.83 Å². The van der Waals surface area contributed by atoms with Crippen molar-refractivity contribution in [1.29, 1.82) is 0 Å². The maximum absolute atomic E-state index is 13.5. The standard InChI is InChI=1S/C13H19FOS/c1-2-3-4-5-6-12(15)9-13(14)11-7-8-16-10-11/h7-10,12,15H,2-6H2,1H3/b13-9-. The Morgan fingerprint density at radius 1 is 1.50 bits per heavy atom. The van der Waals surface area contributed by atoms with Gasteiger partial charge in [0, 0.05) is 10.9 Å². The number of aliphatic hydroxyl groups excluding tert-OH is 1. The van der Waals surface area contributed by atoms with Crippen molar-refractivity contribution in [3.63, 3.8) is 0 Å². The molecule has 0 bridgehead atoms. The Morgan fingerprint density at radius 2 is 2.31 bits per heavy atom. The molecule has 90 valence electrons. The quantitative estimate of drug-likeness (QED) is 0.703. The highest BCUT2D eigenvalue weighted by atomic mass is 32.1. The summed E-state index contributed by atoms with van der Waals surface area (Å²) in [5.74, 6) is -0.316. The summed E-state index contributed by atoms with van der Waals surface area (Å²) in [5, 5.41) is 13.2. The number of aliphatic hydroxyl groups is 1. The molecule has 0 spiro atoms. The van der Waals surface area contributed by atoms with Gasteiger partial charge in [-0.15, -0.1) is 0 Å². The molecule has 0 saturated carbocycles. The third-order valence-electron chi connectivity index (χ3n) is 2.49. The number of rotatable bonds is 7. The number of halogens is 1. The molecule has 1 unspecified atom stereocenters.